The molecule has 0 nitrogen and oxygen atoms in total. The van der Waals surface area contributed by atoms with Crippen molar-refractivity contribution in [3.05, 3.63) is 35.4 Å². The van der Waals surface area contributed by atoms with E-state index in [2.05, 4.69) is 45.0 Å². The van der Waals surface area contributed by atoms with Gasteiger partial charge in [0.25, 0.3) is 0 Å². The molecule has 0 saturated heterocycles. The Morgan fingerprint density at radius 2 is 1.67 bits per heavy atom. The summed E-state index contributed by atoms with van der Waals surface area (Å²) in [6.07, 6.45) is 2.61. The molecule has 1 unspecified atom stereocenters. The molecule has 0 spiro atoms. The number of hydrogen-bond acceptors (Lipinski definition) is 0. The van der Waals surface area contributed by atoms with E-state index in [4.69, 9.17) is 0 Å². The van der Waals surface area contributed by atoms with Gasteiger partial charge in [0.1, 0.15) is 0 Å². The third-order valence-corrected chi connectivity index (χ3v) is 3.18. The molecule has 1 aromatic rings. The van der Waals surface area contributed by atoms with E-state index in [1.807, 2.05) is 13.8 Å². The van der Waals surface area contributed by atoms with Crippen LogP contribution < -0.4 is 0 Å². The van der Waals surface area contributed by atoms with Crippen LogP contribution in [0, 0.1) is 5.41 Å². The highest BCUT2D eigenvalue weighted by molar-refractivity contribution is 5.35. The Labute approximate surface area is 94.7 Å². The van der Waals surface area contributed by atoms with Crippen LogP contribution in [0.1, 0.15) is 58.1 Å². The zero-order valence-corrected chi connectivity index (χ0v) is 10.8. The molecular weight excluding hydrogens is 180 g/mol. The molecule has 1 aliphatic rings. The van der Waals surface area contributed by atoms with Crippen LogP contribution in [0.3, 0.4) is 0 Å². The van der Waals surface area contributed by atoms with E-state index in [-0.39, 0.29) is 0 Å². The van der Waals surface area contributed by atoms with E-state index in [0.29, 0.717) is 5.41 Å². The number of rotatable bonds is 0. The largest absolute Gasteiger partial charge is 0.0683 e. The minimum atomic E-state index is 0.423. The fourth-order valence-electron chi connectivity index (χ4n) is 2.46. The van der Waals surface area contributed by atoms with Crippen LogP contribution in [0.2, 0.25) is 0 Å². The van der Waals surface area contributed by atoms with E-state index in [0.717, 1.165) is 5.92 Å². The Bertz CT molecular complexity index is 304. The van der Waals surface area contributed by atoms with Crippen LogP contribution in [0.15, 0.2) is 24.3 Å². The Morgan fingerprint density at radius 1 is 1.07 bits per heavy atom. The summed E-state index contributed by atoms with van der Waals surface area (Å²) in [5.41, 5.74) is 3.59. The van der Waals surface area contributed by atoms with Gasteiger partial charge in [0, 0.05) is 0 Å². The first-order chi connectivity index (χ1) is 7.09. The van der Waals surface area contributed by atoms with E-state index in [1.165, 1.54) is 12.8 Å². The highest BCUT2D eigenvalue weighted by atomic mass is 14.4. The molecule has 1 atom stereocenters. The van der Waals surface area contributed by atoms with E-state index >= 15 is 0 Å². The Morgan fingerprint density at radius 3 is 2.27 bits per heavy atom. The lowest BCUT2D eigenvalue weighted by atomic mass is 9.77. The zero-order chi connectivity index (χ0) is 11.5. The summed E-state index contributed by atoms with van der Waals surface area (Å²) in [6.45, 7) is 11.0. The van der Waals surface area contributed by atoms with Crippen LogP contribution in [0.5, 0.6) is 0 Å². The van der Waals surface area contributed by atoms with Crippen molar-refractivity contribution in [3.63, 3.8) is 0 Å². The molecule has 0 heterocycles. The summed E-state index contributed by atoms with van der Waals surface area (Å²) in [5.74, 6) is 0.767. The summed E-state index contributed by atoms with van der Waals surface area (Å²) in [4.78, 5) is 0. The van der Waals surface area contributed by atoms with Gasteiger partial charge in [0.05, 0.1) is 0 Å². The highest BCUT2D eigenvalue weighted by Crippen LogP contribution is 2.44. The van der Waals surface area contributed by atoms with Gasteiger partial charge in [0.2, 0.25) is 0 Å². The lowest BCUT2D eigenvalue weighted by Crippen LogP contribution is -2.15. The van der Waals surface area contributed by atoms with Crippen molar-refractivity contribution in [2.45, 2.75) is 53.4 Å². The van der Waals surface area contributed by atoms with Crippen molar-refractivity contribution in [1.29, 1.82) is 0 Å². The highest BCUT2D eigenvalue weighted by Gasteiger charge is 2.31. The molecule has 0 heteroatoms. The molecule has 0 fully saturated rings. The van der Waals surface area contributed by atoms with Gasteiger partial charge in [-0.25, -0.2) is 0 Å². The number of hydrogen-bond donors (Lipinski definition) is 0. The van der Waals surface area contributed by atoms with Crippen LogP contribution >= 0.6 is 0 Å². The lowest BCUT2D eigenvalue weighted by Gasteiger charge is -2.27. The minimum Gasteiger partial charge on any atom is -0.0683 e. The van der Waals surface area contributed by atoms with Crippen molar-refractivity contribution in [2.24, 2.45) is 5.41 Å². The van der Waals surface area contributed by atoms with Gasteiger partial charge < -0.3 is 0 Å². The first kappa shape index (κ1) is 12.3. The van der Waals surface area contributed by atoms with Crippen LogP contribution in [0.25, 0.3) is 0 Å². The quantitative estimate of drug-likeness (QED) is 0.570. The molecule has 0 amide bonds. The average molecular weight is 204 g/mol. The predicted octanol–water partition coefficient (Wildman–Crippen LogP) is 4.79. The second-order valence-corrected chi connectivity index (χ2v) is 5.16. The standard InChI is InChI=1S/C13H18.C2H6/c1-13(2,3)12-9-8-10-6-4-5-7-11(10)12;1-2/h4-7,12H,8-9H2,1-3H3;1-2H3. The second-order valence-electron chi connectivity index (χ2n) is 5.16. The minimum absolute atomic E-state index is 0.423. The lowest BCUT2D eigenvalue weighted by molar-refractivity contribution is 0.319. The third-order valence-electron chi connectivity index (χ3n) is 3.18. The molecule has 0 bridgehead atoms. The van der Waals surface area contributed by atoms with Gasteiger partial charge in [-0.05, 0) is 35.3 Å². The Hall–Kier alpha value is -0.780. The van der Waals surface area contributed by atoms with Crippen molar-refractivity contribution in [3.8, 4) is 0 Å². The van der Waals surface area contributed by atoms with Gasteiger partial charge in [-0.3, -0.25) is 0 Å². The Kier molecular flexibility index (Phi) is 3.96. The van der Waals surface area contributed by atoms with Crippen molar-refractivity contribution < 1.29 is 0 Å². The van der Waals surface area contributed by atoms with E-state index in [9.17, 15) is 0 Å². The maximum Gasteiger partial charge on any atom is -0.0107 e. The molecule has 0 aromatic heterocycles. The molecule has 0 radical (unpaired) electrons. The van der Waals surface area contributed by atoms with E-state index in [1.54, 1.807) is 11.1 Å². The normalized spacial score (nSPS) is 19.1. The monoisotopic (exact) mass is 204 g/mol. The smallest absolute Gasteiger partial charge is 0.0107 e. The summed E-state index contributed by atoms with van der Waals surface area (Å²) in [5, 5.41) is 0. The third kappa shape index (κ3) is 2.62. The maximum atomic E-state index is 2.35. The Balaban J connectivity index is 0.000000531. The van der Waals surface area contributed by atoms with Crippen LogP contribution in [-0.2, 0) is 6.42 Å². The summed E-state index contributed by atoms with van der Waals surface area (Å²) in [6, 6.07) is 8.91. The predicted molar refractivity (Wildman–Crippen MR) is 68.3 cm³/mol. The fourth-order valence-corrected chi connectivity index (χ4v) is 2.46. The van der Waals surface area contributed by atoms with Gasteiger partial charge in [-0.1, -0.05) is 58.9 Å². The SMILES string of the molecule is CC.CC(C)(C)C1CCc2ccccc21. The summed E-state index contributed by atoms with van der Waals surface area (Å²) in [7, 11) is 0. The van der Waals surface area contributed by atoms with Gasteiger partial charge >= 0.3 is 0 Å². The number of aryl methyl sites for hydroxylation is 1. The average Bonchev–Trinajstić information content (AvgIpc) is 2.63. The second kappa shape index (κ2) is 4.83. The molecule has 0 aliphatic heterocycles. The molecule has 1 aromatic carbocycles. The molecule has 1 aliphatic carbocycles. The zero-order valence-electron chi connectivity index (χ0n) is 10.8. The molecule has 84 valence electrons. The molecule has 15 heavy (non-hydrogen) atoms. The van der Waals surface area contributed by atoms with Gasteiger partial charge in [0.15, 0.2) is 0 Å². The van der Waals surface area contributed by atoms with Crippen molar-refractivity contribution >= 4 is 0 Å². The first-order valence-electron chi connectivity index (χ1n) is 6.17. The van der Waals surface area contributed by atoms with E-state index < -0.39 is 0 Å². The van der Waals surface area contributed by atoms with Crippen LogP contribution in [-0.4, -0.2) is 0 Å². The van der Waals surface area contributed by atoms with Crippen molar-refractivity contribution in [2.75, 3.05) is 0 Å². The molecule has 0 saturated carbocycles. The van der Waals surface area contributed by atoms with Gasteiger partial charge in [-0.15, -0.1) is 0 Å². The molecular formula is C15H24. The molecule has 2 rings (SSSR count). The van der Waals surface area contributed by atoms with Crippen molar-refractivity contribution in [1.82, 2.24) is 0 Å². The number of fused-ring (bicyclic) bond motifs is 1. The fraction of sp³-hybridized carbons (Fsp3) is 0.600. The first-order valence-corrected chi connectivity index (χ1v) is 6.17. The topological polar surface area (TPSA) is 0 Å². The van der Waals surface area contributed by atoms with Crippen LogP contribution in [0.4, 0.5) is 0 Å². The number of benzene rings is 1. The summed E-state index contributed by atoms with van der Waals surface area (Å²) >= 11 is 0. The maximum absolute atomic E-state index is 2.35. The van der Waals surface area contributed by atoms with Gasteiger partial charge in [-0.2, -0.15) is 0 Å². The molecule has 0 N–H and O–H groups in total. The summed E-state index contributed by atoms with van der Waals surface area (Å²) < 4.78 is 0.